The first-order valence-electron chi connectivity index (χ1n) is 6.79. The molecular formula is C17H12Cl2N2O2. The van der Waals surface area contributed by atoms with Gasteiger partial charge in [-0.3, -0.25) is 9.48 Å². The van der Waals surface area contributed by atoms with Crippen molar-refractivity contribution in [3.05, 3.63) is 58.2 Å². The monoisotopic (exact) mass is 346 g/mol. The van der Waals surface area contributed by atoms with Crippen LogP contribution in [0.1, 0.15) is 10.5 Å². The molecule has 0 amide bonds. The van der Waals surface area contributed by atoms with E-state index in [9.17, 15) is 9.90 Å². The highest BCUT2D eigenvalue weighted by Crippen LogP contribution is 2.41. The molecule has 3 rings (SSSR count). The molecule has 3 aromatic rings. The number of rotatable bonds is 3. The molecule has 6 heteroatoms. The van der Waals surface area contributed by atoms with E-state index in [1.54, 1.807) is 49.5 Å². The molecule has 23 heavy (non-hydrogen) atoms. The minimum absolute atomic E-state index is 0.151. The van der Waals surface area contributed by atoms with Crippen molar-refractivity contribution in [3.8, 4) is 28.1 Å². The zero-order valence-corrected chi connectivity index (χ0v) is 13.6. The van der Waals surface area contributed by atoms with Crippen molar-refractivity contribution in [1.82, 2.24) is 9.78 Å². The molecule has 1 N–H and O–H groups in total. The topological polar surface area (TPSA) is 55.1 Å². The number of aryl methyl sites for hydroxylation is 1. The van der Waals surface area contributed by atoms with Gasteiger partial charge in [-0.15, -0.1) is 0 Å². The minimum Gasteiger partial charge on any atom is -0.508 e. The molecule has 0 spiro atoms. The summed E-state index contributed by atoms with van der Waals surface area (Å²) in [4.78, 5) is 11.6. The summed E-state index contributed by atoms with van der Waals surface area (Å²) in [6.45, 7) is 0. The van der Waals surface area contributed by atoms with Gasteiger partial charge in [-0.25, -0.2) is 0 Å². The van der Waals surface area contributed by atoms with E-state index in [4.69, 9.17) is 23.2 Å². The van der Waals surface area contributed by atoms with Crippen molar-refractivity contribution in [1.29, 1.82) is 0 Å². The van der Waals surface area contributed by atoms with Crippen LogP contribution in [0.25, 0.3) is 22.4 Å². The average molecular weight is 347 g/mol. The zero-order valence-electron chi connectivity index (χ0n) is 12.1. The molecule has 0 aliphatic rings. The maximum absolute atomic E-state index is 11.6. The van der Waals surface area contributed by atoms with Crippen molar-refractivity contribution in [2.45, 2.75) is 0 Å². The summed E-state index contributed by atoms with van der Waals surface area (Å²) >= 11 is 12.6. The van der Waals surface area contributed by atoms with Crippen LogP contribution in [0.4, 0.5) is 0 Å². The van der Waals surface area contributed by atoms with Crippen LogP contribution >= 0.6 is 23.2 Å². The Morgan fingerprint density at radius 1 is 1.04 bits per heavy atom. The molecule has 0 aliphatic heterocycles. The summed E-state index contributed by atoms with van der Waals surface area (Å²) in [6, 6.07) is 11.7. The Morgan fingerprint density at radius 2 is 1.65 bits per heavy atom. The van der Waals surface area contributed by atoms with Crippen molar-refractivity contribution < 1.29 is 9.90 Å². The van der Waals surface area contributed by atoms with Crippen LogP contribution in [-0.4, -0.2) is 21.2 Å². The summed E-state index contributed by atoms with van der Waals surface area (Å²) in [6.07, 6.45) is 0.728. The number of halogens is 2. The Bertz CT molecular complexity index is 866. The fourth-order valence-electron chi connectivity index (χ4n) is 2.48. The number of aromatic nitrogens is 2. The minimum atomic E-state index is 0.151. The number of hydrogen-bond acceptors (Lipinski definition) is 3. The average Bonchev–Trinajstić information content (AvgIpc) is 2.84. The Kier molecular flexibility index (Phi) is 4.11. The second-order valence-corrected chi connectivity index (χ2v) is 5.81. The summed E-state index contributed by atoms with van der Waals surface area (Å²) in [7, 11) is 1.68. The van der Waals surface area contributed by atoms with Crippen LogP contribution < -0.4 is 0 Å². The number of nitrogens with zero attached hydrogens (tertiary/aromatic N) is 2. The van der Waals surface area contributed by atoms with Gasteiger partial charge < -0.3 is 5.11 Å². The van der Waals surface area contributed by atoms with Crippen molar-refractivity contribution >= 4 is 29.5 Å². The molecule has 0 aliphatic carbocycles. The predicted molar refractivity (Wildman–Crippen MR) is 91.2 cm³/mol. The lowest BCUT2D eigenvalue weighted by molar-refractivity contribution is 0.111. The van der Waals surface area contributed by atoms with Gasteiger partial charge in [0.05, 0.1) is 10.0 Å². The molecule has 0 unspecified atom stereocenters. The van der Waals surface area contributed by atoms with Crippen molar-refractivity contribution in [2.24, 2.45) is 7.05 Å². The van der Waals surface area contributed by atoms with Crippen LogP contribution in [0.15, 0.2) is 42.5 Å². The first-order chi connectivity index (χ1) is 11.0. The van der Waals surface area contributed by atoms with E-state index in [-0.39, 0.29) is 5.75 Å². The molecule has 1 aromatic heterocycles. The number of phenolic OH excluding ortho intramolecular Hbond substituents is 1. The highest BCUT2D eigenvalue weighted by atomic mass is 35.5. The fraction of sp³-hybridized carbons (Fsp3) is 0.0588. The molecule has 0 atom stereocenters. The van der Waals surface area contributed by atoms with Crippen molar-refractivity contribution in [3.63, 3.8) is 0 Å². The maximum atomic E-state index is 11.6. The molecule has 116 valence electrons. The van der Waals surface area contributed by atoms with Gasteiger partial charge in [0.15, 0.2) is 6.29 Å². The first-order valence-corrected chi connectivity index (χ1v) is 7.54. The highest BCUT2D eigenvalue weighted by Gasteiger charge is 2.22. The summed E-state index contributed by atoms with van der Waals surface area (Å²) in [5.74, 6) is 0.151. The molecule has 0 bridgehead atoms. The van der Waals surface area contributed by atoms with Crippen LogP contribution in [0.5, 0.6) is 5.75 Å². The summed E-state index contributed by atoms with van der Waals surface area (Å²) < 4.78 is 1.49. The Hall–Kier alpha value is -2.30. The molecule has 4 nitrogen and oxygen atoms in total. The number of phenols is 1. The second-order valence-electron chi connectivity index (χ2n) is 4.99. The Balaban J connectivity index is 2.35. The number of aromatic hydroxyl groups is 1. The zero-order chi connectivity index (χ0) is 16.6. The van der Waals surface area contributed by atoms with E-state index in [1.807, 2.05) is 0 Å². The standard InChI is InChI=1S/C17H12Cl2N2O2/c1-21-14(9-22)16(15-12(18)3-2-4-13(15)19)17(20-21)10-5-7-11(23)8-6-10/h2-9,23H,1H3. The first kappa shape index (κ1) is 15.6. The molecule has 0 radical (unpaired) electrons. The predicted octanol–water partition coefficient (Wildman–Crippen LogP) is 4.58. The lowest BCUT2D eigenvalue weighted by Crippen LogP contribution is -1.97. The molecule has 1 heterocycles. The molecular weight excluding hydrogens is 335 g/mol. The lowest BCUT2D eigenvalue weighted by atomic mass is 9.99. The van der Waals surface area contributed by atoms with Crippen LogP contribution in [0.3, 0.4) is 0 Å². The fourth-order valence-corrected chi connectivity index (χ4v) is 3.06. The van der Waals surface area contributed by atoms with Gasteiger partial charge in [-0.2, -0.15) is 5.10 Å². The van der Waals surface area contributed by atoms with Gasteiger partial charge in [-0.1, -0.05) is 29.3 Å². The summed E-state index contributed by atoms with van der Waals surface area (Å²) in [5, 5.41) is 14.8. The maximum Gasteiger partial charge on any atom is 0.168 e. The highest BCUT2D eigenvalue weighted by molar-refractivity contribution is 6.39. The van der Waals surface area contributed by atoms with E-state index >= 15 is 0 Å². The number of hydrogen-bond donors (Lipinski definition) is 1. The molecule has 0 saturated carbocycles. The van der Waals surface area contributed by atoms with Crippen LogP contribution in [0.2, 0.25) is 10.0 Å². The number of carbonyl (C=O) groups is 1. The molecule has 0 saturated heterocycles. The number of aldehydes is 1. The number of carbonyl (C=O) groups excluding carboxylic acids is 1. The number of benzene rings is 2. The van der Waals surface area contributed by atoms with E-state index in [2.05, 4.69) is 5.10 Å². The quantitative estimate of drug-likeness (QED) is 0.706. The third-order valence-corrected chi connectivity index (χ3v) is 4.19. The van der Waals surface area contributed by atoms with E-state index < -0.39 is 0 Å². The van der Waals surface area contributed by atoms with Gasteiger partial charge >= 0.3 is 0 Å². The largest absolute Gasteiger partial charge is 0.508 e. The van der Waals surface area contributed by atoms with E-state index in [1.165, 1.54) is 4.68 Å². The third kappa shape index (κ3) is 2.71. The lowest BCUT2D eigenvalue weighted by Gasteiger charge is -2.09. The second kappa shape index (κ2) is 6.07. The van der Waals surface area contributed by atoms with E-state index in [0.29, 0.717) is 32.6 Å². The van der Waals surface area contributed by atoms with Crippen LogP contribution in [-0.2, 0) is 7.05 Å². The van der Waals surface area contributed by atoms with Crippen LogP contribution in [0, 0.1) is 0 Å². The normalized spacial score (nSPS) is 10.7. The molecule has 2 aromatic carbocycles. The smallest absolute Gasteiger partial charge is 0.168 e. The molecule has 0 fully saturated rings. The van der Waals surface area contributed by atoms with Gasteiger partial charge in [0.2, 0.25) is 0 Å². The van der Waals surface area contributed by atoms with Gasteiger partial charge in [-0.05, 0) is 36.4 Å². The van der Waals surface area contributed by atoms with Gasteiger partial charge in [0.25, 0.3) is 0 Å². The van der Waals surface area contributed by atoms with E-state index in [0.717, 1.165) is 11.8 Å². The van der Waals surface area contributed by atoms with Gasteiger partial charge in [0.1, 0.15) is 17.1 Å². The van der Waals surface area contributed by atoms with Crippen molar-refractivity contribution in [2.75, 3.05) is 0 Å². The SMILES string of the molecule is Cn1nc(-c2ccc(O)cc2)c(-c2c(Cl)cccc2Cl)c1C=O. The summed E-state index contributed by atoms with van der Waals surface area (Å²) in [5.41, 5.74) is 2.84. The third-order valence-electron chi connectivity index (χ3n) is 3.56. The Labute approximate surface area is 142 Å². The van der Waals surface area contributed by atoms with Gasteiger partial charge in [0, 0.05) is 23.7 Å². The Morgan fingerprint density at radius 3 is 2.22 bits per heavy atom.